The molecule has 0 spiro atoms. The number of hydrogen-bond donors (Lipinski definition) is 3. The average Bonchev–Trinajstić information content (AvgIpc) is 2.16. The summed E-state index contributed by atoms with van der Waals surface area (Å²) in [6, 6.07) is 5.16. The lowest BCUT2D eigenvalue weighted by molar-refractivity contribution is -0.116. The molecule has 0 aliphatic heterocycles. The van der Waals surface area contributed by atoms with Crippen LogP contribution in [0.1, 0.15) is 12.5 Å². The Labute approximate surface area is 82.4 Å². The number of nitrogen functional groups attached to an aromatic ring is 1. The second-order valence-corrected chi connectivity index (χ2v) is 2.94. The normalized spacial score (nSPS) is 9.93. The number of anilines is 2. The van der Waals surface area contributed by atoms with Crippen molar-refractivity contribution < 1.29 is 4.79 Å². The van der Waals surface area contributed by atoms with Gasteiger partial charge in [0.1, 0.15) is 0 Å². The van der Waals surface area contributed by atoms with E-state index in [9.17, 15) is 4.79 Å². The molecule has 0 fully saturated rings. The third-order valence-electron chi connectivity index (χ3n) is 1.99. The standard InChI is InChI=1S/C9H14N4O/c1-6(14)13(12)9-4-2-3-8(11)7(9)5-10/h2-4H,5,10-12H2,1H3. The molecule has 0 bridgehead atoms. The number of benzene rings is 1. The highest BCUT2D eigenvalue weighted by Gasteiger charge is 2.12. The summed E-state index contributed by atoms with van der Waals surface area (Å²) in [4.78, 5) is 11.0. The summed E-state index contributed by atoms with van der Waals surface area (Å²) in [6.07, 6.45) is 0. The first kappa shape index (κ1) is 10.5. The summed E-state index contributed by atoms with van der Waals surface area (Å²) in [6.45, 7) is 1.63. The summed E-state index contributed by atoms with van der Waals surface area (Å²) in [5.41, 5.74) is 13.0. The van der Waals surface area contributed by atoms with E-state index in [4.69, 9.17) is 17.3 Å². The molecule has 6 N–H and O–H groups in total. The van der Waals surface area contributed by atoms with Gasteiger partial charge in [-0.05, 0) is 12.1 Å². The molecule has 14 heavy (non-hydrogen) atoms. The highest BCUT2D eigenvalue weighted by atomic mass is 16.2. The highest BCUT2D eigenvalue weighted by molar-refractivity contribution is 5.91. The van der Waals surface area contributed by atoms with Gasteiger partial charge in [-0.25, -0.2) is 10.9 Å². The molecule has 0 aliphatic carbocycles. The zero-order valence-corrected chi connectivity index (χ0v) is 8.03. The molecule has 1 aromatic rings. The first-order valence-corrected chi connectivity index (χ1v) is 4.20. The van der Waals surface area contributed by atoms with E-state index in [2.05, 4.69) is 0 Å². The fourth-order valence-corrected chi connectivity index (χ4v) is 1.21. The quantitative estimate of drug-likeness (QED) is 0.266. The summed E-state index contributed by atoms with van der Waals surface area (Å²) < 4.78 is 0. The molecule has 1 rings (SSSR count). The van der Waals surface area contributed by atoms with Crippen LogP contribution in [0.4, 0.5) is 11.4 Å². The molecule has 0 unspecified atom stereocenters. The van der Waals surface area contributed by atoms with Crippen LogP contribution in [-0.4, -0.2) is 5.91 Å². The van der Waals surface area contributed by atoms with Crippen molar-refractivity contribution in [2.75, 3.05) is 10.7 Å². The molecule has 0 radical (unpaired) electrons. The second kappa shape index (κ2) is 4.08. The van der Waals surface area contributed by atoms with Crippen molar-refractivity contribution in [3.8, 4) is 0 Å². The molecular weight excluding hydrogens is 180 g/mol. The minimum atomic E-state index is -0.259. The van der Waals surface area contributed by atoms with Gasteiger partial charge in [0.15, 0.2) is 0 Å². The number of rotatable bonds is 2. The van der Waals surface area contributed by atoms with Crippen molar-refractivity contribution in [3.05, 3.63) is 23.8 Å². The monoisotopic (exact) mass is 194 g/mol. The van der Waals surface area contributed by atoms with Gasteiger partial charge >= 0.3 is 0 Å². The van der Waals surface area contributed by atoms with E-state index >= 15 is 0 Å². The number of amides is 1. The number of nitrogens with zero attached hydrogens (tertiary/aromatic N) is 1. The maximum atomic E-state index is 11.0. The van der Waals surface area contributed by atoms with E-state index in [1.54, 1.807) is 18.2 Å². The van der Waals surface area contributed by atoms with Crippen molar-refractivity contribution in [2.45, 2.75) is 13.5 Å². The smallest absolute Gasteiger partial charge is 0.238 e. The lowest BCUT2D eigenvalue weighted by atomic mass is 10.1. The number of carbonyl (C=O) groups excluding carboxylic acids is 1. The van der Waals surface area contributed by atoms with Crippen LogP contribution in [0.2, 0.25) is 0 Å². The van der Waals surface area contributed by atoms with E-state index in [1.807, 2.05) is 0 Å². The van der Waals surface area contributed by atoms with E-state index in [-0.39, 0.29) is 12.5 Å². The van der Waals surface area contributed by atoms with Gasteiger partial charge in [-0.3, -0.25) is 4.79 Å². The summed E-state index contributed by atoms with van der Waals surface area (Å²) in [7, 11) is 0. The van der Waals surface area contributed by atoms with Crippen molar-refractivity contribution >= 4 is 17.3 Å². The van der Waals surface area contributed by atoms with Gasteiger partial charge in [0.25, 0.3) is 0 Å². The maximum Gasteiger partial charge on any atom is 0.238 e. The summed E-state index contributed by atoms with van der Waals surface area (Å²) >= 11 is 0. The van der Waals surface area contributed by atoms with E-state index in [0.29, 0.717) is 16.9 Å². The lowest BCUT2D eigenvalue weighted by Crippen LogP contribution is -2.36. The molecule has 76 valence electrons. The van der Waals surface area contributed by atoms with Gasteiger partial charge in [-0.1, -0.05) is 6.07 Å². The molecule has 0 saturated heterocycles. The molecule has 0 saturated carbocycles. The van der Waals surface area contributed by atoms with Crippen LogP contribution in [0.25, 0.3) is 0 Å². The Morgan fingerprint density at radius 2 is 2.14 bits per heavy atom. The van der Waals surface area contributed by atoms with Crippen LogP contribution in [-0.2, 0) is 11.3 Å². The second-order valence-electron chi connectivity index (χ2n) is 2.94. The zero-order chi connectivity index (χ0) is 10.7. The van der Waals surface area contributed by atoms with Gasteiger partial charge in [-0.15, -0.1) is 0 Å². The summed E-state index contributed by atoms with van der Waals surface area (Å²) in [5.74, 6) is 5.30. The minimum Gasteiger partial charge on any atom is -0.398 e. The van der Waals surface area contributed by atoms with Crippen LogP contribution in [0, 0.1) is 0 Å². The Kier molecular flexibility index (Phi) is 3.06. The Morgan fingerprint density at radius 1 is 1.50 bits per heavy atom. The molecule has 0 aliphatic rings. The van der Waals surface area contributed by atoms with Crippen LogP contribution < -0.4 is 22.3 Å². The number of hydrazine groups is 1. The van der Waals surface area contributed by atoms with Crippen LogP contribution in [0.3, 0.4) is 0 Å². The van der Waals surface area contributed by atoms with Crippen LogP contribution in [0.15, 0.2) is 18.2 Å². The third kappa shape index (κ3) is 1.84. The zero-order valence-electron chi connectivity index (χ0n) is 8.03. The van der Waals surface area contributed by atoms with Gasteiger partial charge in [0, 0.05) is 24.7 Å². The summed E-state index contributed by atoms with van der Waals surface area (Å²) in [5, 5.41) is 1.04. The number of nitrogens with two attached hydrogens (primary N) is 3. The lowest BCUT2D eigenvalue weighted by Gasteiger charge is -2.18. The third-order valence-corrected chi connectivity index (χ3v) is 1.99. The fourth-order valence-electron chi connectivity index (χ4n) is 1.21. The Bertz CT molecular complexity index is 351. The molecule has 1 aromatic carbocycles. The van der Waals surface area contributed by atoms with Crippen molar-refractivity contribution in [2.24, 2.45) is 11.6 Å². The maximum absolute atomic E-state index is 11.0. The first-order chi connectivity index (χ1) is 6.57. The molecule has 1 amide bonds. The Balaban J connectivity index is 3.20. The van der Waals surface area contributed by atoms with E-state index in [0.717, 1.165) is 5.01 Å². The van der Waals surface area contributed by atoms with E-state index in [1.165, 1.54) is 6.92 Å². The van der Waals surface area contributed by atoms with Crippen molar-refractivity contribution in [1.82, 2.24) is 0 Å². The van der Waals surface area contributed by atoms with Crippen LogP contribution >= 0.6 is 0 Å². The van der Waals surface area contributed by atoms with Gasteiger partial charge in [0.2, 0.25) is 5.91 Å². The van der Waals surface area contributed by atoms with Crippen LogP contribution in [0.5, 0.6) is 0 Å². The molecule has 0 atom stereocenters. The van der Waals surface area contributed by atoms with E-state index < -0.39 is 0 Å². The molecular formula is C9H14N4O. The molecule has 0 heterocycles. The Morgan fingerprint density at radius 3 is 2.64 bits per heavy atom. The highest BCUT2D eigenvalue weighted by Crippen LogP contribution is 2.23. The minimum absolute atomic E-state index is 0.253. The SMILES string of the molecule is CC(=O)N(N)c1cccc(N)c1CN. The van der Waals surface area contributed by atoms with Crippen molar-refractivity contribution in [3.63, 3.8) is 0 Å². The molecule has 0 aromatic heterocycles. The van der Waals surface area contributed by atoms with Crippen molar-refractivity contribution in [1.29, 1.82) is 0 Å². The predicted molar refractivity (Wildman–Crippen MR) is 56.1 cm³/mol. The predicted octanol–water partition coefficient (Wildman–Crippen LogP) is -0.0459. The number of hydrogen-bond acceptors (Lipinski definition) is 4. The molecule has 5 nitrogen and oxygen atoms in total. The average molecular weight is 194 g/mol. The molecule has 5 heteroatoms. The first-order valence-electron chi connectivity index (χ1n) is 4.20. The topological polar surface area (TPSA) is 98.4 Å². The van der Waals surface area contributed by atoms with Gasteiger partial charge in [-0.2, -0.15) is 0 Å². The van der Waals surface area contributed by atoms with Gasteiger partial charge in [0.05, 0.1) is 5.69 Å². The number of carbonyl (C=O) groups is 1. The fraction of sp³-hybridized carbons (Fsp3) is 0.222. The Hall–Kier alpha value is -1.59. The van der Waals surface area contributed by atoms with Gasteiger partial charge < -0.3 is 11.5 Å². The largest absolute Gasteiger partial charge is 0.398 e.